The van der Waals surface area contributed by atoms with Gasteiger partial charge in [0.2, 0.25) is 0 Å². The van der Waals surface area contributed by atoms with Gasteiger partial charge >= 0.3 is 0 Å². The van der Waals surface area contributed by atoms with Gasteiger partial charge in [0, 0.05) is 19.3 Å². The van der Waals surface area contributed by atoms with Crippen LogP contribution in [0.5, 0.6) is 11.5 Å². The lowest BCUT2D eigenvalue weighted by Gasteiger charge is -2.24. The molecule has 10 heteroatoms. The highest BCUT2D eigenvalue weighted by atomic mass is 35.5. The molecule has 0 unspecified atom stereocenters. The van der Waals surface area contributed by atoms with Gasteiger partial charge in [0.15, 0.2) is 5.13 Å². The van der Waals surface area contributed by atoms with Gasteiger partial charge in [0.1, 0.15) is 33.1 Å². The van der Waals surface area contributed by atoms with Crippen LogP contribution in [-0.2, 0) is 0 Å². The van der Waals surface area contributed by atoms with Crippen molar-refractivity contribution in [3.05, 3.63) is 47.9 Å². The number of likely N-dealkylation sites (N-methyl/N-ethyl adjacent to an activating group) is 1. The topological polar surface area (TPSA) is 72.2 Å². The molecule has 0 aliphatic heterocycles. The van der Waals surface area contributed by atoms with Crippen LogP contribution in [-0.4, -0.2) is 65.6 Å². The summed E-state index contributed by atoms with van der Waals surface area (Å²) in [7, 11) is 3.25. The highest BCUT2D eigenvalue weighted by Gasteiger charge is 2.27. The molecule has 4 rings (SSSR count). The standard InChI is InChI=1S/C24H29N5O3S.ClH/c1-6-27(7-2)14-15-29(23(30)21-16(3)25-19-10-8-9-13-28(19)21)24-26-20-17(31-4)11-12-18(32-5)22(20)33-24;/h8-13H,6-7,14-15H2,1-5H3;1H. The van der Waals surface area contributed by atoms with Crippen LogP contribution in [0.2, 0.25) is 0 Å². The van der Waals surface area contributed by atoms with Crippen molar-refractivity contribution in [2.24, 2.45) is 0 Å². The summed E-state index contributed by atoms with van der Waals surface area (Å²) in [6.07, 6.45) is 1.87. The molecule has 1 amide bonds. The number of aromatic nitrogens is 3. The van der Waals surface area contributed by atoms with Gasteiger partial charge in [-0.2, -0.15) is 0 Å². The number of fused-ring (bicyclic) bond motifs is 2. The number of halogens is 1. The molecular weight excluding hydrogens is 474 g/mol. The van der Waals surface area contributed by atoms with Crippen molar-refractivity contribution in [2.45, 2.75) is 20.8 Å². The van der Waals surface area contributed by atoms with E-state index in [1.54, 1.807) is 19.1 Å². The summed E-state index contributed by atoms with van der Waals surface area (Å²) in [5.41, 5.74) is 2.67. The lowest BCUT2D eigenvalue weighted by molar-refractivity contribution is 0.0977. The van der Waals surface area contributed by atoms with Crippen LogP contribution in [0.15, 0.2) is 36.5 Å². The van der Waals surface area contributed by atoms with Gasteiger partial charge in [-0.3, -0.25) is 14.1 Å². The van der Waals surface area contributed by atoms with E-state index in [1.165, 1.54) is 11.3 Å². The van der Waals surface area contributed by atoms with Gasteiger partial charge in [0.05, 0.1) is 19.9 Å². The number of pyridine rings is 1. The molecule has 1 aromatic carbocycles. The Morgan fingerprint density at radius 3 is 2.41 bits per heavy atom. The van der Waals surface area contributed by atoms with Crippen LogP contribution in [0, 0.1) is 6.92 Å². The Bertz CT molecular complexity index is 1240. The number of anilines is 1. The van der Waals surface area contributed by atoms with E-state index in [0.717, 1.165) is 30.0 Å². The quantitative estimate of drug-likeness (QED) is 0.330. The van der Waals surface area contributed by atoms with Crippen molar-refractivity contribution >= 4 is 50.6 Å². The monoisotopic (exact) mass is 503 g/mol. The Hall–Kier alpha value is -2.88. The maximum Gasteiger partial charge on any atom is 0.279 e. The molecule has 3 heterocycles. The Morgan fingerprint density at radius 1 is 1.03 bits per heavy atom. The number of aryl methyl sites for hydroxylation is 1. The maximum absolute atomic E-state index is 14.0. The summed E-state index contributed by atoms with van der Waals surface area (Å²) in [5, 5.41) is 0.607. The molecule has 0 fully saturated rings. The SMILES string of the molecule is CCN(CC)CCN(C(=O)c1c(C)nc2ccccn12)c1nc2c(OC)ccc(OC)c2s1.Cl. The molecule has 34 heavy (non-hydrogen) atoms. The summed E-state index contributed by atoms with van der Waals surface area (Å²) < 4.78 is 13.8. The molecule has 0 aliphatic carbocycles. The second kappa shape index (κ2) is 11.0. The minimum atomic E-state index is -0.129. The van der Waals surface area contributed by atoms with Crippen LogP contribution in [0.1, 0.15) is 30.0 Å². The summed E-state index contributed by atoms with van der Waals surface area (Å²) in [6, 6.07) is 9.41. The van der Waals surface area contributed by atoms with Crippen molar-refractivity contribution in [1.82, 2.24) is 19.3 Å². The number of methoxy groups -OCH3 is 2. The average molecular weight is 504 g/mol. The lowest BCUT2D eigenvalue weighted by atomic mass is 10.3. The molecule has 0 atom stereocenters. The molecule has 182 valence electrons. The largest absolute Gasteiger partial charge is 0.495 e. The van der Waals surface area contributed by atoms with Crippen LogP contribution in [0.25, 0.3) is 15.9 Å². The zero-order chi connectivity index (χ0) is 23.5. The van der Waals surface area contributed by atoms with Crippen molar-refractivity contribution in [2.75, 3.05) is 45.3 Å². The lowest BCUT2D eigenvalue weighted by Crippen LogP contribution is -2.39. The Morgan fingerprint density at radius 2 is 1.74 bits per heavy atom. The molecule has 0 N–H and O–H groups in total. The number of hydrogen-bond acceptors (Lipinski definition) is 7. The van der Waals surface area contributed by atoms with E-state index in [1.807, 2.05) is 47.9 Å². The van der Waals surface area contributed by atoms with E-state index in [0.29, 0.717) is 40.1 Å². The van der Waals surface area contributed by atoms with E-state index in [2.05, 4.69) is 23.7 Å². The summed E-state index contributed by atoms with van der Waals surface area (Å²) in [6.45, 7) is 9.18. The van der Waals surface area contributed by atoms with Gasteiger partial charge in [-0.05, 0) is 44.3 Å². The number of amides is 1. The minimum Gasteiger partial charge on any atom is -0.495 e. The summed E-state index contributed by atoms with van der Waals surface area (Å²) in [4.78, 5) is 27.4. The van der Waals surface area contributed by atoms with E-state index >= 15 is 0 Å². The van der Waals surface area contributed by atoms with E-state index in [4.69, 9.17) is 14.5 Å². The van der Waals surface area contributed by atoms with Crippen molar-refractivity contribution < 1.29 is 14.3 Å². The van der Waals surface area contributed by atoms with Crippen molar-refractivity contribution in [1.29, 1.82) is 0 Å². The third-order valence-electron chi connectivity index (χ3n) is 5.82. The van der Waals surface area contributed by atoms with Gasteiger partial charge < -0.3 is 14.4 Å². The number of rotatable bonds is 9. The first-order valence-corrected chi connectivity index (χ1v) is 11.8. The van der Waals surface area contributed by atoms with E-state index < -0.39 is 0 Å². The molecule has 0 aliphatic rings. The number of thiazole rings is 1. The van der Waals surface area contributed by atoms with E-state index in [9.17, 15) is 4.79 Å². The van der Waals surface area contributed by atoms with Crippen LogP contribution >= 0.6 is 23.7 Å². The summed E-state index contributed by atoms with van der Waals surface area (Å²) in [5.74, 6) is 1.22. The second-order valence-corrected chi connectivity index (χ2v) is 8.58. The van der Waals surface area contributed by atoms with Crippen LogP contribution in [0.3, 0.4) is 0 Å². The fourth-order valence-electron chi connectivity index (χ4n) is 3.95. The average Bonchev–Trinajstić information content (AvgIpc) is 3.41. The Balaban J connectivity index is 0.00000324. The molecule has 3 aromatic heterocycles. The third kappa shape index (κ3) is 4.68. The predicted molar refractivity (Wildman–Crippen MR) is 139 cm³/mol. The second-order valence-electron chi connectivity index (χ2n) is 7.60. The Kier molecular flexibility index (Phi) is 8.35. The number of hydrogen-bond donors (Lipinski definition) is 0. The number of imidazole rings is 1. The molecular formula is C24H30ClN5O3S. The van der Waals surface area contributed by atoms with Gasteiger partial charge in [-0.15, -0.1) is 12.4 Å². The normalized spacial score (nSPS) is 11.1. The highest BCUT2D eigenvalue weighted by Crippen LogP contribution is 2.40. The maximum atomic E-state index is 14.0. The fourth-order valence-corrected chi connectivity index (χ4v) is 5.05. The first-order valence-electron chi connectivity index (χ1n) is 11.0. The van der Waals surface area contributed by atoms with Crippen LogP contribution in [0.4, 0.5) is 5.13 Å². The summed E-state index contributed by atoms with van der Waals surface area (Å²) >= 11 is 1.43. The molecule has 0 saturated carbocycles. The Labute approximate surface area is 209 Å². The number of carbonyl (C=O) groups excluding carboxylic acids is 1. The minimum absolute atomic E-state index is 0. The zero-order valence-electron chi connectivity index (χ0n) is 20.1. The number of nitrogens with zero attached hydrogens (tertiary/aromatic N) is 5. The van der Waals surface area contributed by atoms with Gasteiger partial charge in [-0.25, -0.2) is 9.97 Å². The first-order chi connectivity index (χ1) is 16.0. The fraction of sp³-hybridized carbons (Fsp3) is 0.375. The molecule has 8 nitrogen and oxygen atoms in total. The molecule has 0 spiro atoms. The highest BCUT2D eigenvalue weighted by molar-refractivity contribution is 7.22. The van der Waals surface area contributed by atoms with E-state index in [-0.39, 0.29) is 18.3 Å². The third-order valence-corrected chi connectivity index (χ3v) is 6.91. The molecule has 0 bridgehead atoms. The van der Waals surface area contributed by atoms with Gasteiger partial charge in [0.25, 0.3) is 5.91 Å². The predicted octanol–water partition coefficient (Wildman–Crippen LogP) is 4.68. The number of benzene rings is 1. The smallest absolute Gasteiger partial charge is 0.279 e. The zero-order valence-corrected chi connectivity index (χ0v) is 21.7. The number of carbonyl (C=O) groups is 1. The van der Waals surface area contributed by atoms with Gasteiger partial charge in [-0.1, -0.05) is 31.3 Å². The number of ether oxygens (including phenoxy) is 2. The molecule has 4 aromatic rings. The molecule has 0 saturated heterocycles. The molecule has 0 radical (unpaired) electrons. The van der Waals surface area contributed by atoms with Crippen molar-refractivity contribution in [3.8, 4) is 11.5 Å². The first kappa shape index (κ1) is 25.7. The van der Waals surface area contributed by atoms with Crippen LogP contribution < -0.4 is 14.4 Å². The van der Waals surface area contributed by atoms with Crippen molar-refractivity contribution in [3.63, 3.8) is 0 Å².